The van der Waals surface area contributed by atoms with E-state index < -0.39 is 29.8 Å². The van der Waals surface area contributed by atoms with Crippen molar-refractivity contribution in [2.45, 2.75) is 12.7 Å². The maximum absolute atomic E-state index is 12.9. The number of ether oxygens (including phenoxy) is 2. The first-order valence-electron chi connectivity index (χ1n) is 10.8. The van der Waals surface area contributed by atoms with Crippen LogP contribution in [0.3, 0.4) is 0 Å². The SMILES string of the molecule is N#CC(C#N)=C1c2cc(OC(F)(F)F)ccc2-c2cc3c(cc21)/C(=C(/N)C#N)c1cc(OC(F)(F)F)ccc1-3. The van der Waals surface area contributed by atoms with E-state index in [4.69, 9.17) is 5.73 Å². The monoisotopic (exact) mass is 536 g/mol. The fourth-order valence-electron chi connectivity index (χ4n) is 4.83. The smallest absolute Gasteiger partial charge is 0.406 e. The van der Waals surface area contributed by atoms with Crippen LogP contribution in [0.15, 0.2) is 59.8 Å². The number of benzene rings is 3. The number of fused-ring (bicyclic) bond motifs is 6. The minimum absolute atomic E-state index is 0.0346. The van der Waals surface area contributed by atoms with Gasteiger partial charge in [0.2, 0.25) is 0 Å². The van der Waals surface area contributed by atoms with Crippen LogP contribution in [0.5, 0.6) is 11.5 Å². The molecule has 192 valence electrons. The lowest BCUT2D eigenvalue weighted by Gasteiger charge is -2.11. The van der Waals surface area contributed by atoms with Crippen LogP contribution in [-0.4, -0.2) is 12.7 Å². The van der Waals surface area contributed by atoms with Gasteiger partial charge in [-0.2, -0.15) is 15.8 Å². The predicted molar refractivity (Wildman–Crippen MR) is 124 cm³/mol. The third-order valence-corrected chi connectivity index (χ3v) is 6.13. The molecule has 0 saturated carbocycles. The first-order chi connectivity index (χ1) is 18.3. The quantitative estimate of drug-likeness (QED) is 0.202. The predicted octanol–water partition coefficient (Wildman–Crippen LogP) is 6.54. The number of alkyl halides is 6. The summed E-state index contributed by atoms with van der Waals surface area (Å²) in [6.07, 6.45) is -9.94. The molecule has 2 aliphatic carbocycles. The molecular formula is C27H10F6N4O2. The van der Waals surface area contributed by atoms with Crippen molar-refractivity contribution in [2.24, 2.45) is 5.73 Å². The number of nitrogens with two attached hydrogens (primary N) is 1. The summed E-state index contributed by atoms with van der Waals surface area (Å²) < 4.78 is 85.2. The number of nitriles is 3. The van der Waals surface area contributed by atoms with Gasteiger partial charge >= 0.3 is 12.7 Å². The number of halogens is 6. The summed E-state index contributed by atoms with van der Waals surface area (Å²) in [4.78, 5) is 0. The molecule has 0 aromatic heterocycles. The van der Waals surface area contributed by atoms with Crippen molar-refractivity contribution < 1.29 is 35.8 Å². The van der Waals surface area contributed by atoms with Crippen LogP contribution in [0.1, 0.15) is 22.3 Å². The molecule has 0 heterocycles. The normalized spacial score (nSPS) is 14.2. The van der Waals surface area contributed by atoms with Gasteiger partial charge in [-0.25, -0.2) is 0 Å². The number of hydrogen-bond donors (Lipinski definition) is 1. The van der Waals surface area contributed by atoms with Gasteiger partial charge in [-0.1, -0.05) is 12.1 Å². The Morgan fingerprint density at radius 2 is 0.974 bits per heavy atom. The minimum Gasteiger partial charge on any atom is -0.406 e. The molecule has 0 atom stereocenters. The van der Waals surface area contributed by atoms with E-state index >= 15 is 0 Å². The molecular weight excluding hydrogens is 526 g/mol. The highest BCUT2D eigenvalue weighted by Gasteiger charge is 2.36. The first kappa shape index (κ1) is 25.2. The number of allylic oxidation sites excluding steroid dienone is 2. The Kier molecular flexibility index (Phi) is 5.55. The van der Waals surface area contributed by atoms with Crippen LogP contribution >= 0.6 is 0 Å². The molecule has 0 saturated heterocycles. The van der Waals surface area contributed by atoms with Crippen LogP contribution < -0.4 is 15.2 Å². The zero-order valence-corrected chi connectivity index (χ0v) is 19.1. The summed E-state index contributed by atoms with van der Waals surface area (Å²) in [5, 5.41) is 28.8. The number of nitrogens with zero attached hydrogens (tertiary/aromatic N) is 3. The van der Waals surface area contributed by atoms with Gasteiger partial charge in [0.25, 0.3) is 0 Å². The summed E-state index contributed by atoms with van der Waals surface area (Å²) in [5.41, 5.74) is 8.04. The van der Waals surface area contributed by atoms with Crippen molar-refractivity contribution in [1.82, 2.24) is 0 Å². The second-order valence-electron chi connectivity index (χ2n) is 8.33. The second-order valence-corrected chi connectivity index (χ2v) is 8.33. The van der Waals surface area contributed by atoms with Crippen LogP contribution in [0.25, 0.3) is 33.4 Å². The lowest BCUT2D eigenvalue weighted by atomic mass is 9.93. The largest absolute Gasteiger partial charge is 0.573 e. The average molecular weight is 536 g/mol. The van der Waals surface area contributed by atoms with E-state index in [0.29, 0.717) is 27.8 Å². The Bertz CT molecular complexity index is 1760. The highest BCUT2D eigenvalue weighted by atomic mass is 19.4. The molecule has 0 amide bonds. The molecule has 39 heavy (non-hydrogen) atoms. The Hall–Kier alpha value is -5.41. The molecule has 3 aromatic rings. The highest BCUT2D eigenvalue weighted by Crippen LogP contribution is 2.54. The molecule has 0 radical (unpaired) electrons. The first-order valence-corrected chi connectivity index (χ1v) is 10.8. The zero-order valence-electron chi connectivity index (χ0n) is 19.1. The Morgan fingerprint density at radius 1 is 0.564 bits per heavy atom. The van der Waals surface area contributed by atoms with Crippen molar-refractivity contribution >= 4 is 11.1 Å². The van der Waals surface area contributed by atoms with Crippen molar-refractivity contribution in [1.29, 1.82) is 15.8 Å². The Morgan fingerprint density at radius 3 is 1.41 bits per heavy atom. The summed E-state index contributed by atoms with van der Waals surface area (Å²) in [5.74, 6) is -1.10. The average Bonchev–Trinajstić information content (AvgIpc) is 3.32. The van der Waals surface area contributed by atoms with Gasteiger partial charge in [-0.3, -0.25) is 0 Å². The fourth-order valence-corrected chi connectivity index (χ4v) is 4.83. The maximum Gasteiger partial charge on any atom is 0.573 e. The third-order valence-electron chi connectivity index (χ3n) is 6.13. The molecule has 3 aromatic carbocycles. The molecule has 2 N–H and O–H groups in total. The molecule has 0 fully saturated rings. The van der Waals surface area contributed by atoms with Crippen LogP contribution in [-0.2, 0) is 0 Å². The molecule has 12 heteroatoms. The molecule has 5 rings (SSSR count). The number of rotatable bonds is 2. The van der Waals surface area contributed by atoms with Crippen molar-refractivity contribution in [2.75, 3.05) is 0 Å². The maximum atomic E-state index is 12.9. The number of hydrogen-bond acceptors (Lipinski definition) is 6. The van der Waals surface area contributed by atoms with Gasteiger partial charge in [0, 0.05) is 11.1 Å². The van der Waals surface area contributed by atoms with E-state index in [9.17, 15) is 42.1 Å². The molecule has 0 unspecified atom stereocenters. The van der Waals surface area contributed by atoms with E-state index in [2.05, 4.69) is 9.47 Å². The van der Waals surface area contributed by atoms with Gasteiger partial charge in [0.05, 0.1) is 0 Å². The third kappa shape index (κ3) is 4.26. The van der Waals surface area contributed by atoms with Crippen LogP contribution in [0.2, 0.25) is 0 Å². The molecule has 0 spiro atoms. The highest BCUT2D eigenvalue weighted by molar-refractivity contribution is 6.10. The van der Waals surface area contributed by atoms with Gasteiger partial charge in [-0.15, -0.1) is 26.3 Å². The molecule has 0 bridgehead atoms. The van der Waals surface area contributed by atoms with Crippen LogP contribution in [0, 0.1) is 34.0 Å². The van der Waals surface area contributed by atoms with Gasteiger partial charge in [0.15, 0.2) is 0 Å². The summed E-state index contributed by atoms with van der Waals surface area (Å²) in [6.45, 7) is 0. The van der Waals surface area contributed by atoms with E-state index in [-0.39, 0.29) is 33.5 Å². The van der Waals surface area contributed by atoms with Gasteiger partial charge in [-0.05, 0) is 80.9 Å². The molecule has 6 nitrogen and oxygen atoms in total. The summed E-state index contributed by atoms with van der Waals surface area (Å²) in [6, 6.07) is 15.4. The van der Waals surface area contributed by atoms with Crippen LogP contribution in [0.4, 0.5) is 26.3 Å². The zero-order chi connectivity index (χ0) is 28.3. The lowest BCUT2D eigenvalue weighted by Crippen LogP contribution is -2.17. The standard InChI is InChI=1S/C27H10F6N4O2/c28-26(29,30)38-13-1-3-15-17-7-18-16-4-2-14(39-27(31,32)33)6-20(16)25(23(37)11-36)22(18)8-21(17)24(19(15)5-13)12(9-34)10-35/h1-8H,37H2/b25-23+. The van der Waals surface area contributed by atoms with Gasteiger partial charge in [0.1, 0.15) is 41.0 Å². The van der Waals surface area contributed by atoms with E-state index in [1.54, 1.807) is 24.3 Å². The molecule has 0 aliphatic heterocycles. The fraction of sp³-hybridized carbons (Fsp3) is 0.0741. The topological polar surface area (TPSA) is 116 Å². The van der Waals surface area contributed by atoms with Gasteiger partial charge < -0.3 is 15.2 Å². The Balaban J connectivity index is 1.78. The minimum atomic E-state index is -4.98. The van der Waals surface area contributed by atoms with E-state index in [1.807, 2.05) is 0 Å². The van der Waals surface area contributed by atoms with E-state index in [0.717, 1.165) is 24.3 Å². The van der Waals surface area contributed by atoms with E-state index in [1.165, 1.54) is 18.2 Å². The van der Waals surface area contributed by atoms with Crippen molar-refractivity contribution in [3.63, 3.8) is 0 Å². The second kappa shape index (κ2) is 8.57. The Labute approximate surface area is 215 Å². The summed E-state index contributed by atoms with van der Waals surface area (Å²) >= 11 is 0. The van der Waals surface area contributed by atoms with Crippen molar-refractivity contribution in [3.8, 4) is 52.0 Å². The van der Waals surface area contributed by atoms with Crippen molar-refractivity contribution in [3.05, 3.63) is 82.1 Å². The molecule has 2 aliphatic rings. The lowest BCUT2D eigenvalue weighted by molar-refractivity contribution is -0.275. The summed E-state index contributed by atoms with van der Waals surface area (Å²) in [7, 11) is 0.